The van der Waals surface area contributed by atoms with Crippen LogP contribution in [0.3, 0.4) is 0 Å². The maximum atomic E-state index is 5.83. The van der Waals surface area contributed by atoms with Crippen LogP contribution in [-0.4, -0.2) is 41.8 Å². The topological polar surface area (TPSA) is 76.3 Å². The number of anilines is 3. The zero-order chi connectivity index (χ0) is 12.5. The van der Waals surface area contributed by atoms with Crippen LogP contribution in [-0.2, 0) is 4.74 Å². The lowest BCUT2D eigenvalue weighted by molar-refractivity contribution is 0.0302. The smallest absolute Gasteiger partial charge is 0.223 e. The summed E-state index contributed by atoms with van der Waals surface area (Å²) >= 11 is 0. The van der Waals surface area contributed by atoms with Crippen molar-refractivity contribution in [2.24, 2.45) is 0 Å². The molecular formula is C12H19N5O. The monoisotopic (exact) mass is 249 g/mol. The highest BCUT2D eigenvalue weighted by Gasteiger charge is 2.34. The standard InChI is InChI=1S/C12H19N5O/c1-2-14-10-5-11(16-12(13)15-10)17-6-8-3-4-9(7-17)18-8/h5,8-9H,2-4,6-7H2,1H3,(H3,13,14,15,16). The Morgan fingerprint density at radius 1 is 1.39 bits per heavy atom. The highest BCUT2D eigenvalue weighted by molar-refractivity contribution is 5.53. The summed E-state index contributed by atoms with van der Waals surface area (Å²) in [5.41, 5.74) is 5.76. The minimum atomic E-state index is 0.322. The molecule has 0 saturated carbocycles. The van der Waals surface area contributed by atoms with Gasteiger partial charge in [-0.2, -0.15) is 9.97 Å². The number of nitrogens with two attached hydrogens (primary N) is 1. The van der Waals surface area contributed by atoms with E-state index in [1.165, 1.54) is 0 Å². The van der Waals surface area contributed by atoms with Crippen molar-refractivity contribution < 1.29 is 4.74 Å². The fourth-order valence-corrected chi connectivity index (χ4v) is 2.69. The van der Waals surface area contributed by atoms with E-state index < -0.39 is 0 Å². The van der Waals surface area contributed by atoms with Crippen LogP contribution in [0.4, 0.5) is 17.6 Å². The molecule has 0 spiro atoms. The summed E-state index contributed by atoms with van der Waals surface area (Å²) in [7, 11) is 0. The van der Waals surface area contributed by atoms with E-state index in [1.807, 2.05) is 13.0 Å². The van der Waals surface area contributed by atoms with Crippen LogP contribution >= 0.6 is 0 Å². The number of nitrogen functional groups attached to an aromatic ring is 1. The van der Waals surface area contributed by atoms with Gasteiger partial charge in [0.05, 0.1) is 12.2 Å². The van der Waals surface area contributed by atoms with Crippen LogP contribution in [0.25, 0.3) is 0 Å². The number of ether oxygens (including phenoxy) is 1. The first kappa shape index (κ1) is 11.5. The predicted octanol–water partition coefficient (Wildman–Crippen LogP) is 0.858. The molecule has 3 N–H and O–H groups in total. The average Bonchev–Trinajstić information content (AvgIpc) is 2.68. The lowest BCUT2D eigenvalue weighted by atomic mass is 10.2. The van der Waals surface area contributed by atoms with Gasteiger partial charge in [0, 0.05) is 25.7 Å². The Bertz CT molecular complexity index is 426. The Morgan fingerprint density at radius 3 is 2.78 bits per heavy atom. The van der Waals surface area contributed by atoms with Gasteiger partial charge in [0.2, 0.25) is 5.95 Å². The minimum Gasteiger partial charge on any atom is -0.371 e. The average molecular weight is 249 g/mol. The highest BCUT2D eigenvalue weighted by Crippen LogP contribution is 2.29. The number of nitrogens with one attached hydrogen (secondary N) is 1. The van der Waals surface area contributed by atoms with Crippen molar-refractivity contribution in [1.29, 1.82) is 0 Å². The predicted molar refractivity (Wildman–Crippen MR) is 70.7 cm³/mol. The first-order valence-corrected chi connectivity index (χ1v) is 6.53. The van der Waals surface area contributed by atoms with Gasteiger partial charge < -0.3 is 20.7 Å². The molecule has 2 fully saturated rings. The molecular weight excluding hydrogens is 230 g/mol. The van der Waals surface area contributed by atoms with E-state index in [9.17, 15) is 0 Å². The van der Waals surface area contributed by atoms with Crippen LogP contribution in [0, 0.1) is 0 Å². The van der Waals surface area contributed by atoms with Gasteiger partial charge >= 0.3 is 0 Å². The van der Waals surface area contributed by atoms with E-state index in [-0.39, 0.29) is 0 Å². The molecule has 2 atom stereocenters. The molecule has 3 heterocycles. The van der Waals surface area contributed by atoms with Crippen molar-refractivity contribution in [2.75, 3.05) is 35.6 Å². The SMILES string of the molecule is CCNc1cc(N2CC3CCC(C2)O3)nc(N)n1. The Labute approximate surface area is 107 Å². The van der Waals surface area contributed by atoms with Gasteiger partial charge in [0.15, 0.2) is 0 Å². The van der Waals surface area contributed by atoms with Gasteiger partial charge in [-0.1, -0.05) is 0 Å². The number of morpholine rings is 1. The molecule has 2 aliphatic rings. The molecule has 2 bridgehead atoms. The van der Waals surface area contributed by atoms with Gasteiger partial charge in [-0.05, 0) is 19.8 Å². The first-order valence-electron chi connectivity index (χ1n) is 6.53. The fraction of sp³-hybridized carbons (Fsp3) is 0.667. The van der Waals surface area contributed by atoms with Crippen molar-refractivity contribution in [3.05, 3.63) is 6.07 Å². The third-order valence-electron chi connectivity index (χ3n) is 3.46. The highest BCUT2D eigenvalue weighted by atomic mass is 16.5. The molecule has 98 valence electrons. The van der Waals surface area contributed by atoms with E-state index in [2.05, 4.69) is 20.2 Å². The molecule has 0 radical (unpaired) electrons. The molecule has 1 aromatic rings. The van der Waals surface area contributed by atoms with Crippen LogP contribution in [0.1, 0.15) is 19.8 Å². The van der Waals surface area contributed by atoms with E-state index in [4.69, 9.17) is 10.5 Å². The molecule has 0 aliphatic carbocycles. The minimum absolute atomic E-state index is 0.322. The lowest BCUT2D eigenvalue weighted by Gasteiger charge is -2.33. The molecule has 2 saturated heterocycles. The normalized spacial score (nSPS) is 26.4. The Morgan fingerprint density at radius 2 is 2.11 bits per heavy atom. The van der Waals surface area contributed by atoms with Gasteiger partial charge in [-0.3, -0.25) is 0 Å². The van der Waals surface area contributed by atoms with Gasteiger partial charge in [0.1, 0.15) is 11.6 Å². The lowest BCUT2D eigenvalue weighted by Crippen LogP contribution is -2.43. The summed E-state index contributed by atoms with van der Waals surface area (Å²) in [4.78, 5) is 10.8. The van der Waals surface area contributed by atoms with Crippen LogP contribution in [0.2, 0.25) is 0 Å². The van der Waals surface area contributed by atoms with Crippen molar-refractivity contribution in [3.8, 4) is 0 Å². The van der Waals surface area contributed by atoms with E-state index in [0.29, 0.717) is 18.2 Å². The Hall–Kier alpha value is -1.56. The molecule has 6 heteroatoms. The summed E-state index contributed by atoms with van der Waals surface area (Å²) < 4.78 is 5.83. The maximum Gasteiger partial charge on any atom is 0.223 e. The third-order valence-corrected chi connectivity index (χ3v) is 3.46. The number of hydrogen-bond acceptors (Lipinski definition) is 6. The number of rotatable bonds is 3. The maximum absolute atomic E-state index is 5.83. The third kappa shape index (κ3) is 2.20. The van der Waals surface area contributed by atoms with Crippen LogP contribution in [0.5, 0.6) is 0 Å². The Kier molecular flexibility index (Phi) is 2.95. The van der Waals surface area contributed by atoms with Gasteiger partial charge in [-0.25, -0.2) is 0 Å². The van der Waals surface area contributed by atoms with E-state index in [0.717, 1.165) is 44.1 Å². The zero-order valence-corrected chi connectivity index (χ0v) is 10.6. The quantitative estimate of drug-likeness (QED) is 0.827. The van der Waals surface area contributed by atoms with Gasteiger partial charge in [0.25, 0.3) is 0 Å². The van der Waals surface area contributed by atoms with Crippen LogP contribution < -0.4 is 16.0 Å². The summed E-state index contributed by atoms with van der Waals surface area (Å²) in [6.07, 6.45) is 3.01. The Balaban J connectivity index is 1.82. The summed E-state index contributed by atoms with van der Waals surface area (Å²) in [6.45, 7) is 4.66. The van der Waals surface area contributed by atoms with Crippen molar-refractivity contribution in [2.45, 2.75) is 32.0 Å². The van der Waals surface area contributed by atoms with Gasteiger partial charge in [-0.15, -0.1) is 0 Å². The van der Waals surface area contributed by atoms with Crippen LogP contribution in [0.15, 0.2) is 6.07 Å². The molecule has 6 nitrogen and oxygen atoms in total. The number of nitrogens with zero attached hydrogens (tertiary/aromatic N) is 3. The molecule has 0 aromatic carbocycles. The zero-order valence-electron chi connectivity index (χ0n) is 10.6. The molecule has 3 rings (SSSR count). The number of hydrogen-bond donors (Lipinski definition) is 2. The van der Waals surface area contributed by atoms with Crippen molar-refractivity contribution in [1.82, 2.24) is 9.97 Å². The summed E-state index contributed by atoms with van der Waals surface area (Å²) in [5, 5.41) is 3.18. The largest absolute Gasteiger partial charge is 0.371 e. The summed E-state index contributed by atoms with van der Waals surface area (Å²) in [5.74, 6) is 2.01. The fourth-order valence-electron chi connectivity index (χ4n) is 2.69. The van der Waals surface area contributed by atoms with Crippen molar-refractivity contribution >= 4 is 17.6 Å². The molecule has 2 aliphatic heterocycles. The molecule has 2 unspecified atom stereocenters. The second-order valence-corrected chi connectivity index (χ2v) is 4.86. The van der Waals surface area contributed by atoms with E-state index >= 15 is 0 Å². The first-order chi connectivity index (χ1) is 8.74. The number of fused-ring (bicyclic) bond motifs is 2. The van der Waals surface area contributed by atoms with Crippen molar-refractivity contribution in [3.63, 3.8) is 0 Å². The number of aromatic nitrogens is 2. The molecule has 1 aromatic heterocycles. The molecule has 18 heavy (non-hydrogen) atoms. The second kappa shape index (κ2) is 4.61. The summed E-state index contributed by atoms with van der Waals surface area (Å²) in [6, 6.07) is 1.96. The second-order valence-electron chi connectivity index (χ2n) is 4.86. The van der Waals surface area contributed by atoms with E-state index in [1.54, 1.807) is 0 Å². The molecule has 0 amide bonds.